The Kier molecular flexibility index (Phi) is 4.49. The maximum Gasteiger partial charge on any atom is 0.141 e. The van der Waals surface area contributed by atoms with Gasteiger partial charge in [-0.05, 0) is 42.3 Å². The van der Waals surface area contributed by atoms with Crippen LogP contribution in [-0.4, -0.2) is 34.3 Å². The summed E-state index contributed by atoms with van der Waals surface area (Å²) in [5, 5.41) is 0.835. The standard InChI is InChI=1S/C22H23FN4O/c1-22(2,3)19-9-13(7-8-24-19)17-11-16-20(25-12-26-21(16)27-17)15-10-14(23)5-6-18(15)28-4/h5-6,9-12H,7-8H2,1-4H3,(H,25,26,27). The van der Waals surface area contributed by atoms with E-state index >= 15 is 0 Å². The van der Waals surface area contributed by atoms with E-state index in [2.05, 4.69) is 46.8 Å². The first-order chi connectivity index (χ1) is 13.4. The molecule has 0 radical (unpaired) electrons. The number of nitrogens with zero attached hydrogens (tertiary/aromatic N) is 3. The van der Waals surface area contributed by atoms with Crippen molar-refractivity contribution in [2.45, 2.75) is 27.2 Å². The molecule has 1 aromatic carbocycles. The number of hydrogen-bond donors (Lipinski definition) is 1. The average molecular weight is 378 g/mol. The molecule has 1 N–H and O–H groups in total. The molecular weight excluding hydrogens is 355 g/mol. The molecule has 0 unspecified atom stereocenters. The number of dihydropyridines is 1. The lowest BCUT2D eigenvalue weighted by molar-refractivity contribution is 0.415. The Morgan fingerprint density at radius 1 is 1.14 bits per heavy atom. The topological polar surface area (TPSA) is 63.2 Å². The highest BCUT2D eigenvalue weighted by molar-refractivity contribution is 6.05. The lowest BCUT2D eigenvalue weighted by Crippen LogP contribution is -2.21. The van der Waals surface area contributed by atoms with Crippen LogP contribution >= 0.6 is 0 Å². The van der Waals surface area contributed by atoms with Gasteiger partial charge in [-0.25, -0.2) is 14.4 Å². The van der Waals surface area contributed by atoms with Gasteiger partial charge in [-0.15, -0.1) is 0 Å². The highest BCUT2D eigenvalue weighted by Crippen LogP contribution is 2.35. The maximum absolute atomic E-state index is 13.9. The molecule has 0 aliphatic carbocycles. The number of benzene rings is 1. The predicted octanol–water partition coefficient (Wildman–Crippen LogP) is 5.05. The molecular formula is C22H23FN4O. The first kappa shape index (κ1) is 18.3. The molecule has 3 heterocycles. The van der Waals surface area contributed by atoms with Gasteiger partial charge in [0.25, 0.3) is 0 Å². The molecule has 0 amide bonds. The molecule has 6 heteroatoms. The van der Waals surface area contributed by atoms with E-state index in [-0.39, 0.29) is 11.2 Å². The van der Waals surface area contributed by atoms with E-state index in [1.807, 2.05) is 6.07 Å². The molecule has 0 saturated heterocycles. The Morgan fingerprint density at radius 3 is 2.71 bits per heavy atom. The minimum Gasteiger partial charge on any atom is -0.496 e. The molecule has 0 spiro atoms. The Bertz CT molecular complexity index is 1110. The second kappa shape index (κ2) is 6.86. The predicted molar refractivity (Wildman–Crippen MR) is 110 cm³/mol. The van der Waals surface area contributed by atoms with Crippen molar-refractivity contribution in [1.29, 1.82) is 0 Å². The van der Waals surface area contributed by atoms with E-state index in [4.69, 9.17) is 4.74 Å². The van der Waals surface area contributed by atoms with Crippen molar-refractivity contribution in [3.05, 3.63) is 48.2 Å². The van der Waals surface area contributed by atoms with Crippen LogP contribution in [0.5, 0.6) is 5.75 Å². The molecule has 0 saturated carbocycles. The summed E-state index contributed by atoms with van der Waals surface area (Å²) in [7, 11) is 1.57. The van der Waals surface area contributed by atoms with E-state index in [9.17, 15) is 4.39 Å². The quantitative estimate of drug-likeness (QED) is 0.694. The monoisotopic (exact) mass is 378 g/mol. The van der Waals surface area contributed by atoms with Crippen molar-refractivity contribution in [3.63, 3.8) is 0 Å². The zero-order valence-corrected chi connectivity index (χ0v) is 16.5. The Hall–Kier alpha value is -3.02. The molecule has 1 aliphatic rings. The fourth-order valence-corrected chi connectivity index (χ4v) is 3.44. The van der Waals surface area contributed by atoms with E-state index in [1.165, 1.54) is 24.0 Å². The summed E-state index contributed by atoms with van der Waals surface area (Å²) < 4.78 is 19.3. The lowest BCUT2D eigenvalue weighted by atomic mass is 9.86. The van der Waals surface area contributed by atoms with Gasteiger partial charge in [-0.2, -0.15) is 0 Å². The molecule has 1 aliphatic heterocycles. The van der Waals surface area contributed by atoms with Gasteiger partial charge >= 0.3 is 0 Å². The van der Waals surface area contributed by atoms with Crippen LogP contribution in [0.1, 0.15) is 32.9 Å². The van der Waals surface area contributed by atoms with Crippen molar-refractivity contribution >= 4 is 22.3 Å². The minimum absolute atomic E-state index is 0.00240. The van der Waals surface area contributed by atoms with Gasteiger partial charge in [0.15, 0.2) is 0 Å². The minimum atomic E-state index is -0.334. The Labute approximate surface area is 163 Å². The second-order valence-corrected chi connectivity index (χ2v) is 7.95. The first-order valence-electron chi connectivity index (χ1n) is 9.30. The van der Waals surface area contributed by atoms with Crippen molar-refractivity contribution < 1.29 is 9.13 Å². The van der Waals surface area contributed by atoms with Crippen LogP contribution in [-0.2, 0) is 0 Å². The number of rotatable bonds is 3. The van der Waals surface area contributed by atoms with Crippen LogP contribution in [0, 0.1) is 11.2 Å². The van der Waals surface area contributed by atoms with Crippen LogP contribution in [0.3, 0.4) is 0 Å². The molecule has 0 atom stereocenters. The summed E-state index contributed by atoms with van der Waals surface area (Å²) >= 11 is 0. The number of methoxy groups -OCH3 is 1. The summed E-state index contributed by atoms with van der Waals surface area (Å²) in [5.41, 5.74) is 5.23. The Morgan fingerprint density at radius 2 is 1.96 bits per heavy atom. The smallest absolute Gasteiger partial charge is 0.141 e. The van der Waals surface area contributed by atoms with Gasteiger partial charge in [-0.3, -0.25) is 4.99 Å². The Balaban J connectivity index is 1.84. The van der Waals surface area contributed by atoms with Gasteiger partial charge in [0, 0.05) is 34.3 Å². The average Bonchev–Trinajstić information content (AvgIpc) is 3.12. The van der Waals surface area contributed by atoms with E-state index in [0.29, 0.717) is 22.7 Å². The number of ether oxygens (including phenoxy) is 1. The summed E-state index contributed by atoms with van der Waals surface area (Å²) in [5.74, 6) is 0.238. The van der Waals surface area contributed by atoms with Crippen LogP contribution in [0.2, 0.25) is 0 Å². The van der Waals surface area contributed by atoms with Gasteiger partial charge in [-0.1, -0.05) is 20.8 Å². The van der Waals surface area contributed by atoms with Crippen LogP contribution in [0.25, 0.3) is 27.9 Å². The third-order valence-electron chi connectivity index (χ3n) is 4.93. The molecule has 4 rings (SSSR count). The number of allylic oxidation sites excluding steroid dienone is 1. The van der Waals surface area contributed by atoms with Crippen molar-refractivity contribution in [1.82, 2.24) is 15.0 Å². The number of fused-ring (bicyclic) bond motifs is 1. The third-order valence-corrected chi connectivity index (χ3v) is 4.93. The maximum atomic E-state index is 13.9. The van der Waals surface area contributed by atoms with E-state index in [0.717, 1.165) is 29.8 Å². The second-order valence-electron chi connectivity index (χ2n) is 7.95. The zero-order chi connectivity index (χ0) is 19.9. The molecule has 3 aromatic rings. The summed E-state index contributed by atoms with van der Waals surface area (Å²) in [4.78, 5) is 16.8. The van der Waals surface area contributed by atoms with Gasteiger partial charge in [0.2, 0.25) is 0 Å². The molecule has 2 aromatic heterocycles. The number of aliphatic imine (C=N–C) groups is 1. The fourth-order valence-electron chi connectivity index (χ4n) is 3.44. The highest BCUT2D eigenvalue weighted by atomic mass is 19.1. The summed E-state index contributed by atoms with van der Waals surface area (Å²) in [6.45, 7) is 7.26. The summed E-state index contributed by atoms with van der Waals surface area (Å²) in [6.07, 6.45) is 4.50. The molecule has 5 nitrogen and oxygen atoms in total. The van der Waals surface area contributed by atoms with Gasteiger partial charge in [0.05, 0.1) is 12.8 Å². The zero-order valence-electron chi connectivity index (χ0n) is 16.5. The van der Waals surface area contributed by atoms with Crippen molar-refractivity contribution in [2.75, 3.05) is 13.7 Å². The van der Waals surface area contributed by atoms with Crippen molar-refractivity contribution in [2.24, 2.45) is 10.4 Å². The van der Waals surface area contributed by atoms with Crippen molar-refractivity contribution in [3.8, 4) is 17.0 Å². The largest absolute Gasteiger partial charge is 0.496 e. The number of halogens is 1. The number of aromatic amines is 1. The molecule has 0 bridgehead atoms. The number of nitrogens with one attached hydrogen (secondary N) is 1. The highest BCUT2D eigenvalue weighted by Gasteiger charge is 2.22. The third kappa shape index (κ3) is 3.30. The molecule has 144 valence electrons. The SMILES string of the molecule is COc1ccc(F)cc1-c1ncnc2[nH]c(C3=CC(C(C)(C)C)=NCC3)cc12. The molecule has 28 heavy (non-hydrogen) atoms. The fraction of sp³-hybridized carbons (Fsp3) is 0.318. The first-order valence-corrected chi connectivity index (χ1v) is 9.30. The number of aromatic nitrogens is 3. The lowest BCUT2D eigenvalue weighted by Gasteiger charge is -2.23. The van der Waals surface area contributed by atoms with E-state index in [1.54, 1.807) is 13.2 Å². The molecule has 0 fully saturated rings. The van der Waals surface area contributed by atoms with Gasteiger partial charge in [0.1, 0.15) is 23.5 Å². The summed E-state index contributed by atoms with van der Waals surface area (Å²) in [6, 6.07) is 6.47. The van der Waals surface area contributed by atoms with Crippen LogP contribution in [0.15, 0.2) is 41.7 Å². The van der Waals surface area contributed by atoms with Crippen LogP contribution in [0.4, 0.5) is 4.39 Å². The number of H-pyrrole nitrogens is 1. The van der Waals surface area contributed by atoms with Gasteiger partial charge < -0.3 is 9.72 Å². The number of hydrogen-bond acceptors (Lipinski definition) is 4. The normalized spacial score (nSPS) is 14.8. The van der Waals surface area contributed by atoms with E-state index < -0.39 is 0 Å². The van der Waals surface area contributed by atoms with Crippen LogP contribution < -0.4 is 4.74 Å².